The van der Waals surface area contributed by atoms with E-state index in [0.717, 1.165) is 0 Å². The number of aliphatic carboxylic acids is 1. The maximum Gasteiger partial charge on any atom is 0.407 e. The van der Waals surface area contributed by atoms with E-state index in [1.807, 2.05) is 0 Å². The summed E-state index contributed by atoms with van der Waals surface area (Å²) in [5, 5.41) is 22.2. The highest BCUT2D eigenvalue weighted by molar-refractivity contribution is 5.71. The SMILES string of the molecule is CC(C)(C)OC(=O)NC(CC(=O)O)Cc1cccc([N+](=O)[O-])c1. The standard InChI is InChI=1S/C15H20N2O6/c1-15(2,3)23-14(20)16-11(9-13(18)19)7-10-5-4-6-12(8-10)17(21)22/h4-6,8,11H,7,9H2,1-3H3,(H,16,20)(H,18,19). The summed E-state index contributed by atoms with van der Waals surface area (Å²) in [6, 6.07) is 5.12. The highest BCUT2D eigenvalue weighted by Gasteiger charge is 2.22. The van der Waals surface area contributed by atoms with Crippen molar-refractivity contribution in [3.05, 3.63) is 39.9 Å². The third-order valence-electron chi connectivity index (χ3n) is 2.75. The molecule has 0 fully saturated rings. The number of alkyl carbamates (subject to hydrolysis) is 1. The maximum atomic E-state index is 11.8. The number of non-ortho nitro benzene ring substituents is 1. The molecular weight excluding hydrogens is 304 g/mol. The summed E-state index contributed by atoms with van der Waals surface area (Å²) in [4.78, 5) is 33.0. The van der Waals surface area contributed by atoms with E-state index in [1.165, 1.54) is 18.2 Å². The van der Waals surface area contributed by atoms with Crippen LogP contribution in [0, 0.1) is 10.1 Å². The van der Waals surface area contributed by atoms with Gasteiger partial charge in [0.2, 0.25) is 0 Å². The molecule has 1 amide bonds. The van der Waals surface area contributed by atoms with E-state index >= 15 is 0 Å². The molecule has 23 heavy (non-hydrogen) atoms. The molecule has 0 bridgehead atoms. The molecule has 1 aromatic carbocycles. The third-order valence-corrected chi connectivity index (χ3v) is 2.75. The number of nitrogens with one attached hydrogen (secondary N) is 1. The normalized spacial score (nSPS) is 12.3. The zero-order valence-electron chi connectivity index (χ0n) is 13.2. The monoisotopic (exact) mass is 324 g/mol. The van der Waals surface area contributed by atoms with Crippen LogP contribution >= 0.6 is 0 Å². The third kappa shape index (κ3) is 7.25. The second-order valence-electron chi connectivity index (χ2n) is 6.07. The van der Waals surface area contributed by atoms with Gasteiger partial charge in [0.1, 0.15) is 5.60 Å². The van der Waals surface area contributed by atoms with Gasteiger partial charge in [0.15, 0.2) is 0 Å². The van der Waals surface area contributed by atoms with E-state index in [-0.39, 0.29) is 18.5 Å². The summed E-state index contributed by atoms with van der Waals surface area (Å²) in [5.74, 6) is -1.09. The number of benzene rings is 1. The van der Waals surface area contributed by atoms with Gasteiger partial charge in [-0.1, -0.05) is 12.1 Å². The molecule has 1 unspecified atom stereocenters. The summed E-state index contributed by atoms with van der Waals surface area (Å²) in [6.07, 6.45) is -0.899. The first-order chi connectivity index (χ1) is 10.6. The van der Waals surface area contributed by atoms with Crippen LogP contribution in [-0.4, -0.2) is 33.7 Å². The van der Waals surface area contributed by atoms with Crippen molar-refractivity contribution in [3.8, 4) is 0 Å². The lowest BCUT2D eigenvalue weighted by Gasteiger charge is -2.23. The van der Waals surface area contributed by atoms with Gasteiger partial charge >= 0.3 is 12.1 Å². The molecule has 1 aromatic rings. The number of hydrogen-bond acceptors (Lipinski definition) is 5. The van der Waals surface area contributed by atoms with E-state index in [2.05, 4.69) is 5.32 Å². The van der Waals surface area contributed by atoms with E-state index in [4.69, 9.17) is 9.84 Å². The van der Waals surface area contributed by atoms with E-state index < -0.39 is 28.6 Å². The van der Waals surface area contributed by atoms with E-state index in [9.17, 15) is 19.7 Å². The number of nitrogens with zero attached hydrogens (tertiary/aromatic N) is 1. The van der Waals surface area contributed by atoms with Crippen LogP contribution < -0.4 is 5.32 Å². The zero-order chi connectivity index (χ0) is 17.6. The highest BCUT2D eigenvalue weighted by Crippen LogP contribution is 2.16. The Morgan fingerprint density at radius 2 is 2.04 bits per heavy atom. The van der Waals surface area contributed by atoms with Gasteiger partial charge < -0.3 is 15.2 Å². The molecule has 126 valence electrons. The fourth-order valence-electron chi connectivity index (χ4n) is 1.94. The van der Waals surface area contributed by atoms with E-state index in [1.54, 1.807) is 26.8 Å². The minimum absolute atomic E-state index is 0.0890. The second-order valence-corrected chi connectivity index (χ2v) is 6.07. The van der Waals surface area contributed by atoms with Crippen molar-refractivity contribution in [2.75, 3.05) is 0 Å². The number of hydrogen-bond donors (Lipinski definition) is 2. The number of nitro groups is 1. The quantitative estimate of drug-likeness (QED) is 0.613. The Bertz CT molecular complexity index is 594. The second kappa shape index (κ2) is 7.57. The summed E-state index contributed by atoms with van der Waals surface area (Å²) in [7, 11) is 0. The minimum Gasteiger partial charge on any atom is -0.481 e. The lowest BCUT2D eigenvalue weighted by atomic mass is 10.0. The fraction of sp³-hybridized carbons (Fsp3) is 0.467. The van der Waals surface area contributed by atoms with Gasteiger partial charge in [0.25, 0.3) is 5.69 Å². The molecule has 8 heteroatoms. The van der Waals surface area contributed by atoms with Gasteiger partial charge in [-0.05, 0) is 32.8 Å². The Labute approximate surface area is 133 Å². The lowest BCUT2D eigenvalue weighted by Crippen LogP contribution is -2.41. The number of carbonyl (C=O) groups excluding carboxylic acids is 1. The largest absolute Gasteiger partial charge is 0.481 e. The molecule has 1 atom stereocenters. The molecule has 0 radical (unpaired) electrons. The average molecular weight is 324 g/mol. The van der Waals surface area contributed by atoms with Gasteiger partial charge in [0, 0.05) is 18.2 Å². The Morgan fingerprint density at radius 3 is 2.57 bits per heavy atom. The van der Waals surface area contributed by atoms with Crippen LogP contribution in [0.3, 0.4) is 0 Å². The summed E-state index contributed by atoms with van der Waals surface area (Å²) in [6.45, 7) is 5.08. The van der Waals surface area contributed by atoms with Crippen molar-refractivity contribution in [3.63, 3.8) is 0 Å². The van der Waals surface area contributed by atoms with Gasteiger partial charge in [-0.15, -0.1) is 0 Å². The molecule has 0 aliphatic heterocycles. The van der Waals surface area contributed by atoms with Crippen molar-refractivity contribution < 1.29 is 24.4 Å². The summed E-state index contributed by atoms with van der Waals surface area (Å²) >= 11 is 0. The van der Waals surface area contributed by atoms with Crippen molar-refractivity contribution in [1.82, 2.24) is 5.32 Å². The Morgan fingerprint density at radius 1 is 1.39 bits per heavy atom. The molecule has 0 aliphatic carbocycles. The molecule has 8 nitrogen and oxygen atoms in total. The zero-order valence-corrected chi connectivity index (χ0v) is 13.2. The van der Waals surface area contributed by atoms with Gasteiger partial charge in [-0.2, -0.15) is 0 Å². The van der Waals surface area contributed by atoms with Crippen LogP contribution in [0.2, 0.25) is 0 Å². The molecular formula is C15H20N2O6. The van der Waals surface area contributed by atoms with Crippen molar-refractivity contribution in [1.29, 1.82) is 0 Å². The van der Waals surface area contributed by atoms with Crippen LogP contribution in [0.25, 0.3) is 0 Å². The van der Waals surface area contributed by atoms with Crippen LogP contribution in [0.5, 0.6) is 0 Å². The Hall–Kier alpha value is -2.64. The predicted octanol–water partition coefficient (Wildman–Crippen LogP) is 2.51. The summed E-state index contributed by atoms with van der Waals surface area (Å²) in [5.41, 5.74) is -0.237. The summed E-state index contributed by atoms with van der Waals surface area (Å²) < 4.78 is 5.10. The van der Waals surface area contributed by atoms with Gasteiger partial charge in [0.05, 0.1) is 11.3 Å². The molecule has 1 rings (SSSR count). The van der Waals surface area contributed by atoms with Crippen LogP contribution in [0.15, 0.2) is 24.3 Å². The fourth-order valence-corrected chi connectivity index (χ4v) is 1.94. The first-order valence-electron chi connectivity index (χ1n) is 7.01. The van der Waals surface area contributed by atoms with Crippen molar-refractivity contribution in [2.24, 2.45) is 0 Å². The van der Waals surface area contributed by atoms with Crippen LogP contribution in [-0.2, 0) is 16.0 Å². The molecule has 0 aliphatic rings. The van der Waals surface area contributed by atoms with Gasteiger partial charge in [-0.3, -0.25) is 14.9 Å². The average Bonchev–Trinajstić information content (AvgIpc) is 2.35. The van der Waals surface area contributed by atoms with E-state index in [0.29, 0.717) is 5.56 Å². The topological polar surface area (TPSA) is 119 Å². The number of carboxylic acids is 1. The number of rotatable bonds is 6. The Balaban J connectivity index is 2.82. The lowest BCUT2D eigenvalue weighted by molar-refractivity contribution is -0.384. The number of ether oxygens (including phenoxy) is 1. The molecule has 0 saturated carbocycles. The molecule has 2 N–H and O–H groups in total. The molecule has 0 saturated heterocycles. The number of nitro benzene ring substituents is 1. The maximum absolute atomic E-state index is 11.8. The van der Waals surface area contributed by atoms with Crippen LogP contribution in [0.4, 0.5) is 10.5 Å². The van der Waals surface area contributed by atoms with Crippen molar-refractivity contribution >= 4 is 17.7 Å². The molecule has 0 aromatic heterocycles. The Kier molecular flexibility index (Phi) is 6.06. The molecule has 0 spiro atoms. The first-order valence-corrected chi connectivity index (χ1v) is 7.01. The molecule has 0 heterocycles. The van der Waals surface area contributed by atoms with Crippen LogP contribution in [0.1, 0.15) is 32.8 Å². The van der Waals surface area contributed by atoms with Crippen molar-refractivity contribution in [2.45, 2.75) is 45.3 Å². The number of carboxylic acid groups (broad SMARTS) is 1. The first kappa shape index (κ1) is 18.4. The highest BCUT2D eigenvalue weighted by atomic mass is 16.6. The minimum atomic E-state index is -1.09. The number of amides is 1. The number of carbonyl (C=O) groups is 2. The van der Waals surface area contributed by atoms with Gasteiger partial charge in [-0.25, -0.2) is 4.79 Å². The smallest absolute Gasteiger partial charge is 0.407 e. The predicted molar refractivity (Wildman–Crippen MR) is 82.2 cm³/mol.